The first-order chi connectivity index (χ1) is 7.54. The van der Waals surface area contributed by atoms with E-state index in [0.717, 1.165) is 15.7 Å². The lowest BCUT2D eigenvalue weighted by Gasteiger charge is -2.11. The van der Waals surface area contributed by atoms with Gasteiger partial charge in [0, 0.05) is 11.6 Å². The second-order valence-corrected chi connectivity index (χ2v) is 4.58. The first-order valence-electron chi connectivity index (χ1n) is 5.10. The number of halogens is 1. The van der Waals surface area contributed by atoms with Gasteiger partial charge in [0.05, 0.1) is 18.7 Å². The van der Waals surface area contributed by atoms with E-state index in [1.165, 1.54) is 5.56 Å². The van der Waals surface area contributed by atoms with Crippen molar-refractivity contribution in [2.75, 3.05) is 19.0 Å². The van der Waals surface area contributed by atoms with Gasteiger partial charge < -0.3 is 10.1 Å². The number of hydrogen-bond acceptors (Lipinski definition) is 2. The van der Waals surface area contributed by atoms with E-state index < -0.39 is 0 Å². The Morgan fingerprint density at radius 2 is 2.12 bits per heavy atom. The third kappa shape index (κ3) is 3.61. The molecule has 1 amide bonds. The van der Waals surface area contributed by atoms with Gasteiger partial charge in [-0.1, -0.05) is 6.07 Å². The molecule has 88 valence electrons. The highest BCUT2D eigenvalue weighted by Gasteiger charge is 2.08. The summed E-state index contributed by atoms with van der Waals surface area (Å²) in [6, 6.07) is 4.02. The lowest BCUT2D eigenvalue weighted by molar-refractivity contribution is -0.117. The Labute approximate surface area is 104 Å². The maximum Gasteiger partial charge on any atom is 0.226 e. The van der Waals surface area contributed by atoms with Crippen LogP contribution in [0.2, 0.25) is 0 Å². The van der Waals surface area contributed by atoms with Gasteiger partial charge >= 0.3 is 0 Å². The van der Waals surface area contributed by atoms with Crippen molar-refractivity contribution >= 4 is 27.5 Å². The summed E-state index contributed by atoms with van der Waals surface area (Å²) in [5.74, 6) is -0.0329. The van der Waals surface area contributed by atoms with Crippen molar-refractivity contribution < 1.29 is 9.53 Å². The number of ether oxygens (including phenoxy) is 1. The molecule has 0 saturated heterocycles. The molecule has 0 bridgehead atoms. The maximum atomic E-state index is 11.5. The van der Waals surface area contributed by atoms with E-state index in [2.05, 4.69) is 21.2 Å². The van der Waals surface area contributed by atoms with Crippen LogP contribution in [-0.2, 0) is 9.53 Å². The molecule has 0 atom stereocenters. The van der Waals surface area contributed by atoms with Crippen molar-refractivity contribution in [3.8, 4) is 0 Å². The number of nitrogens with one attached hydrogen (secondary N) is 1. The number of hydrogen-bond donors (Lipinski definition) is 1. The van der Waals surface area contributed by atoms with E-state index in [1.807, 2.05) is 26.0 Å². The van der Waals surface area contributed by atoms with E-state index >= 15 is 0 Å². The molecule has 0 aromatic heterocycles. The van der Waals surface area contributed by atoms with Crippen LogP contribution in [0.5, 0.6) is 0 Å². The highest BCUT2D eigenvalue weighted by atomic mass is 79.9. The lowest BCUT2D eigenvalue weighted by atomic mass is 10.1. The number of carbonyl (C=O) groups is 1. The monoisotopic (exact) mass is 285 g/mol. The average molecular weight is 286 g/mol. The Bertz CT molecular complexity index is 368. The smallest absolute Gasteiger partial charge is 0.226 e. The number of amides is 1. The Balaban J connectivity index is 2.77. The van der Waals surface area contributed by atoms with Crippen LogP contribution >= 0.6 is 15.9 Å². The molecule has 0 unspecified atom stereocenters. The van der Waals surface area contributed by atoms with Gasteiger partial charge in [0.15, 0.2) is 0 Å². The van der Waals surface area contributed by atoms with E-state index in [0.29, 0.717) is 13.0 Å². The number of aryl methyl sites for hydroxylation is 2. The molecule has 0 saturated carbocycles. The molecule has 0 aliphatic rings. The van der Waals surface area contributed by atoms with Crippen LogP contribution in [0.15, 0.2) is 16.6 Å². The SMILES string of the molecule is COCCC(=O)Nc1c(C)cc(C)cc1Br. The summed E-state index contributed by atoms with van der Waals surface area (Å²) < 4.78 is 5.77. The predicted molar refractivity (Wildman–Crippen MR) is 68.7 cm³/mol. The third-order valence-corrected chi connectivity index (χ3v) is 2.85. The number of benzene rings is 1. The molecule has 0 fully saturated rings. The Morgan fingerprint density at radius 1 is 1.44 bits per heavy atom. The average Bonchev–Trinajstić information content (AvgIpc) is 2.20. The minimum absolute atomic E-state index is 0.0329. The highest BCUT2D eigenvalue weighted by Crippen LogP contribution is 2.27. The Morgan fingerprint density at radius 3 is 2.69 bits per heavy atom. The van der Waals surface area contributed by atoms with Crippen LogP contribution in [0, 0.1) is 13.8 Å². The molecular formula is C12H16BrNO2. The van der Waals surface area contributed by atoms with Crippen molar-refractivity contribution in [2.24, 2.45) is 0 Å². The van der Waals surface area contributed by atoms with E-state index in [9.17, 15) is 4.79 Å². The van der Waals surface area contributed by atoms with Crippen molar-refractivity contribution in [1.82, 2.24) is 0 Å². The molecule has 1 rings (SSSR count). The van der Waals surface area contributed by atoms with E-state index in [4.69, 9.17) is 4.74 Å². The Kier molecular flexibility index (Phi) is 4.96. The maximum absolute atomic E-state index is 11.5. The number of methoxy groups -OCH3 is 1. The zero-order valence-corrected chi connectivity index (χ0v) is 11.3. The van der Waals surface area contributed by atoms with Crippen LogP contribution < -0.4 is 5.32 Å². The summed E-state index contributed by atoms with van der Waals surface area (Å²) in [4.78, 5) is 11.5. The second kappa shape index (κ2) is 6.01. The molecule has 4 heteroatoms. The van der Waals surface area contributed by atoms with E-state index in [1.54, 1.807) is 7.11 Å². The molecule has 1 aromatic carbocycles. The molecule has 0 spiro atoms. The van der Waals surface area contributed by atoms with Crippen molar-refractivity contribution in [3.05, 3.63) is 27.7 Å². The second-order valence-electron chi connectivity index (χ2n) is 3.73. The largest absolute Gasteiger partial charge is 0.384 e. The summed E-state index contributed by atoms with van der Waals surface area (Å²) >= 11 is 3.45. The van der Waals surface area contributed by atoms with Crippen LogP contribution in [0.25, 0.3) is 0 Å². The molecule has 0 aliphatic carbocycles. The van der Waals surface area contributed by atoms with Crippen LogP contribution in [0.4, 0.5) is 5.69 Å². The van der Waals surface area contributed by atoms with Gasteiger partial charge in [0.2, 0.25) is 5.91 Å². The lowest BCUT2D eigenvalue weighted by Crippen LogP contribution is -2.14. The fraction of sp³-hybridized carbons (Fsp3) is 0.417. The molecule has 1 aromatic rings. The van der Waals surface area contributed by atoms with Crippen molar-refractivity contribution in [2.45, 2.75) is 20.3 Å². The summed E-state index contributed by atoms with van der Waals surface area (Å²) in [7, 11) is 1.58. The fourth-order valence-corrected chi connectivity index (χ4v) is 2.24. The van der Waals surface area contributed by atoms with Crippen molar-refractivity contribution in [1.29, 1.82) is 0 Å². The third-order valence-electron chi connectivity index (χ3n) is 2.23. The van der Waals surface area contributed by atoms with Gasteiger partial charge in [-0.05, 0) is 47.0 Å². The van der Waals surface area contributed by atoms with Gasteiger partial charge in [-0.2, -0.15) is 0 Å². The molecule has 3 nitrogen and oxygen atoms in total. The first-order valence-corrected chi connectivity index (χ1v) is 5.89. The van der Waals surface area contributed by atoms with Gasteiger partial charge in [0.25, 0.3) is 0 Å². The van der Waals surface area contributed by atoms with Crippen molar-refractivity contribution in [3.63, 3.8) is 0 Å². The minimum atomic E-state index is -0.0329. The highest BCUT2D eigenvalue weighted by molar-refractivity contribution is 9.10. The van der Waals surface area contributed by atoms with Crippen LogP contribution in [-0.4, -0.2) is 19.6 Å². The van der Waals surface area contributed by atoms with Crippen LogP contribution in [0.3, 0.4) is 0 Å². The molecule has 0 heterocycles. The number of anilines is 1. The summed E-state index contributed by atoms with van der Waals surface area (Å²) in [5, 5.41) is 2.87. The molecule has 16 heavy (non-hydrogen) atoms. The molecular weight excluding hydrogens is 270 g/mol. The molecule has 1 N–H and O–H groups in total. The van der Waals surface area contributed by atoms with E-state index in [-0.39, 0.29) is 5.91 Å². The molecule has 0 aliphatic heterocycles. The minimum Gasteiger partial charge on any atom is -0.384 e. The summed E-state index contributed by atoms with van der Waals surface area (Å²) in [5.41, 5.74) is 3.06. The quantitative estimate of drug-likeness (QED) is 0.924. The zero-order chi connectivity index (χ0) is 12.1. The summed E-state index contributed by atoms with van der Waals surface area (Å²) in [6.07, 6.45) is 0.371. The standard InChI is InChI=1S/C12H16BrNO2/c1-8-6-9(2)12(10(13)7-8)14-11(15)4-5-16-3/h6-7H,4-5H2,1-3H3,(H,14,15). The predicted octanol–water partition coefficient (Wildman–Crippen LogP) is 3.04. The number of rotatable bonds is 4. The van der Waals surface area contributed by atoms with Gasteiger partial charge in [-0.3, -0.25) is 4.79 Å². The normalized spacial score (nSPS) is 10.2. The van der Waals surface area contributed by atoms with Gasteiger partial charge in [-0.25, -0.2) is 0 Å². The van der Waals surface area contributed by atoms with Gasteiger partial charge in [-0.15, -0.1) is 0 Å². The zero-order valence-electron chi connectivity index (χ0n) is 9.76. The number of carbonyl (C=O) groups excluding carboxylic acids is 1. The van der Waals surface area contributed by atoms with Gasteiger partial charge in [0.1, 0.15) is 0 Å². The van der Waals surface area contributed by atoms with Crippen LogP contribution in [0.1, 0.15) is 17.5 Å². The summed E-state index contributed by atoms with van der Waals surface area (Å²) in [6.45, 7) is 4.44. The Hall–Kier alpha value is -0.870. The fourth-order valence-electron chi connectivity index (χ4n) is 1.47. The molecule has 0 radical (unpaired) electrons. The first kappa shape index (κ1) is 13.2. The topological polar surface area (TPSA) is 38.3 Å².